The van der Waals surface area contributed by atoms with Crippen LogP contribution in [0.4, 0.5) is 18.0 Å². The molecule has 0 aromatic heterocycles. The van der Waals surface area contributed by atoms with Gasteiger partial charge in [0.2, 0.25) is 0 Å². The predicted octanol–water partition coefficient (Wildman–Crippen LogP) is 3.45. The molecule has 2 heterocycles. The summed E-state index contributed by atoms with van der Waals surface area (Å²) in [5, 5.41) is 0. The van der Waals surface area contributed by atoms with E-state index in [9.17, 15) is 22.8 Å². The summed E-state index contributed by atoms with van der Waals surface area (Å²) in [6.07, 6.45) is -3.37. The van der Waals surface area contributed by atoms with Crippen LogP contribution < -0.4 is 0 Å². The number of rotatable bonds is 4. The van der Waals surface area contributed by atoms with Crippen LogP contribution in [0.1, 0.15) is 47.0 Å². The Morgan fingerprint density at radius 3 is 2.07 bits per heavy atom. The molecule has 2 atom stereocenters. The molecule has 162 valence electrons. The summed E-state index contributed by atoms with van der Waals surface area (Å²) in [5.74, 6) is 0.357. The van der Waals surface area contributed by atoms with E-state index in [1.807, 2.05) is 20.8 Å². The van der Waals surface area contributed by atoms with E-state index < -0.39 is 30.4 Å². The van der Waals surface area contributed by atoms with Crippen LogP contribution in [0.5, 0.6) is 0 Å². The van der Waals surface area contributed by atoms with E-state index >= 15 is 0 Å². The molecular formula is C19H31F3N2O4. The summed E-state index contributed by atoms with van der Waals surface area (Å²) in [5.41, 5.74) is -0.522. The molecule has 0 bridgehead atoms. The topological polar surface area (TPSA) is 59.1 Å². The number of piperidine rings is 1. The van der Waals surface area contributed by atoms with Crippen molar-refractivity contribution >= 4 is 12.0 Å². The molecule has 2 saturated heterocycles. The van der Waals surface area contributed by atoms with Gasteiger partial charge in [0.25, 0.3) is 5.91 Å². The van der Waals surface area contributed by atoms with Gasteiger partial charge in [-0.15, -0.1) is 0 Å². The van der Waals surface area contributed by atoms with E-state index in [4.69, 9.17) is 4.74 Å². The van der Waals surface area contributed by atoms with Gasteiger partial charge < -0.3 is 19.3 Å². The summed E-state index contributed by atoms with van der Waals surface area (Å²) in [4.78, 5) is 27.8. The second kappa shape index (κ2) is 8.88. The highest BCUT2D eigenvalue weighted by atomic mass is 19.4. The number of halogens is 3. The van der Waals surface area contributed by atoms with Crippen molar-refractivity contribution in [1.29, 1.82) is 0 Å². The van der Waals surface area contributed by atoms with Crippen LogP contribution in [0.25, 0.3) is 0 Å². The number of hydrogen-bond acceptors (Lipinski definition) is 4. The van der Waals surface area contributed by atoms with Gasteiger partial charge in [0.05, 0.1) is 0 Å². The van der Waals surface area contributed by atoms with Crippen molar-refractivity contribution < 1.29 is 32.2 Å². The number of hydrogen-bond donors (Lipinski definition) is 0. The maximum Gasteiger partial charge on any atom is 0.411 e. The van der Waals surface area contributed by atoms with Crippen molar-refractivity contribution in [3.63, 3.8) is 0 Å². The van der Waals surface area contributed by atoms with Crippen LogP contribution in [0.2, 0.25) is 0 Å². The van der Waals surface area contributed by atoms with Gasteiger partial charge in [-0.05, 0) is 58.8 Å². The lowest BCUT2D eigenvalue weighted by atomic mass is 9.83. The normalized spacial score (nSPS) is 23.0. The average Bonchev–Trinajstić information content (AvgIpc) is 3.07. The van der Waals surface area contributed by atoms with Crippen LogP contribution >= 0.6 is 0 Å². The average molecular weight is 408 g/mol. The van der Waals surface area contributed by atoms with Gasteiger partial charge in [0.15, 0.2) is 0 Å². The maximum absolute atomic E-state index is 12.3. The number of alkyl halides is 3. The zero-order valence-corrected chi connectivity index (χ0v) is 17.1. The van der Waals surface area contributed by atoms with Gasteiger partial charge in [-0.25, -0.2) is 4.79 Å². The first kappa shape index (κ1) is 22.8. The van der Waals surface area contributed by atoms with Gasteiger partial charge in [0.1, 0.15) is 18.3 Å². The van der Waals surface area contributed by atoms with Gasteiger partial charge in [-0.1, -0.05) is 0 Å². The van der Waals surface area contributed by atoms with Gasteiger partial charge in [-0.3, -0.25) is 4.79 Å². The third kappa shape index (κ3) is 6.83. The monoisotopic (exact) mass is 408 g/mol. The van der Waals surface area contributed by atoms with Crippen molar-refractivity contribution in [3.05, 3.63) is 0 Å². The summed E-state index contributed by atoms with van der Waals surface area (Å²) < 4.78 is 46.8. The Bertz CT molecular complexity index is 554. The molecule has 28 heavy (non-hydrogen) atoms. The van der Waals surface area contributed by atoms with Crippen molar-refractivity contribution in [1.82, 2.24) is 9.80 Å². The first-order chi connectivity index (χ1) is 12.9. The molecule has 2 fully saturated rings. The maximum atomic E-state index is 12.3. The number of ether oxygens (including phenoxy) is 2. The van der Waals surface area contributed by atoms with Gasteiger partial charge >= 0.3 is 12.3 Å². The molecule has 9 heteroatoms. The molecule has 0 aliphatic carbocycles. The third-order valence-corrected chi connectivity index (χ3v) is 5.24. The fraction of sp³-hybridized carbons (Fsp3) is 0.895. The van der Waals surface area contributed by atoms with Crippen molar-refractivity contribution in [3.8, 4) is 0 Å². The Hall–Kier alpha value is -1.51. The summed E-state index contributed by atoms with van der Waals surface area (Å²) >= 11 is 0. The Labute approximate surface area is 164 Å². The molecule has 0 aromatic carbocycles. The molecule has 2 aliphatic rings. The highest BCUT2D eigenvalue weighted by molar-refractivity contribution is 5.80. The number of likely N-dealkylation sites (tertiary alicyclic amines) is 2. The Morgan fingerprint density at radius 1 is 1.00 bits per heavy atom. The minimum Gasteiger partial charge on any atom is -0.444 e. The molecule has 2 aliphatic heterocycles. The molecule has 6 nitrogen and oxygen atoms in total. The number of carbonyl (C=O) groups excluding carboxylic acids is 2. The number of amides is 2. The molecule has 0 N–H and O–H groups in total. The van der Waals surface area contributed by atoms with E-state index in [1.54, 1.807) is 9.80 Å². The van der Waals surface area contributed by atoms with Crippen LogP contribution in [0.15, 0.2) is 0 Å². The molecule has 0 aromatic rings. The molecule has 0 unspecified atom stereocenters. The minimum atomic E-state index is -4.44. The highest BCUT2D eigenvalue weighted by Gasteiger charge is 2.37. The highest BCUT2D eigenvalue weighted by Crippen LogP contribution is 2.32. The fourth-order valence-electron chi connectivity index (χ4n) is 3.80. The summed E-state index contributed by atoms with van der Waals surface area (Å²) in [6, 6.07) is 0. The zero-order chi connectivity index (χ0) is 21.1. The van der Waals surface area contributed by atoms with E-state index in [-0.39, 0.29) is 6.09 Å². The second-order valence-corrected chi connectivity index (χ2v) is 8.71. The van der Waals surface area contributed by atoms with E-state index in [0.29, 0.717) is 38.0 Å². The van der Waals surface area contributed by atoms with Gasteiger partial charge in [0, 0.05) is 26.2 Å². The molecule has 0 radical (unpaired) electrons. The Kier molecular flexibility index (Phi) is 7.22. The van der Waals surface area contributed by atoms with Gasteiger partial charge in [-0.2, -0.15) is 13.2 Å². The lowest BCUT2D eigenvalue weighted by molar-refractivity contribution is -0.188. The molecule has 0 spiro atoms. The fourth-order valence-corrected chi connectivity index (χ4v) is 3.80. The predicted molar refractivity (Wildman–Crippen MR) is 96.7 cm³/mol. The van der Waals surface area contributed by atoms with Crippen LogP contribution in [-0.2, 0) is 14.3 Å². The Balaban J connectivity index is 1.76. The summed E-state index contributed by atoms with van der Waals surface area (Å²) in [7, 11) is 0. The zero-order valence-electron chi connectivity index (χ0n) is 17.1. The van der Waals surface area contributed by atoms with Crippen LogP contribution in [0.3, 0.4) is 0 Å². The first-order valence-electron chi connectivity index (χ1n) is 9.81. The number of nitrogens with zero attached hydrogens (tertiary/aromatic N) is 2. The SMILES string of the molecule is C[C@@H](OCC(F)(F)F)C(=O)N1CCC([C@@H]2CCN(C(=O)OC(C)(C)C)C2)CC1. The lowest BCUT2D eigenvalue weighted by Crippen LogP contribution is -2.45. The summed E-state index contributed by atoms with van der Waals surface area (Å²) in [6.45, 7) is 7.78. The smallest absolute Gasteiger partial charge is 0.411 e. The standard InChI is InChI=1S/C19H31F3N2O4/c1-13(27-12-19(20,21)22)16(25)23-8-5-14(6-9-23)15-7-10-24(11-15)17(26)28-18(2,3)4/h13-15H,5-12H2,1-4H3/t13-,15-/m1/s1. The number of carbonyl (C=O) groups is 2. The van der Waals surface area contributed by atoms with Crippen LogP contribution in [-0.4, -0.2) is 72.5 Å². The van der Waals surface area contributed by atoms with Crippen molar-refractivity contribution in [2.45, 2.75) is 64.8 Å². The molecule has 2 amide bonds. The molecular weight excluding hydrogens is 377 g/mol. The lowest BCUT2D eigenvalue weighted by Gasteiger charge is -2.36. The molecule has 2 rings (SSSR count). The Morgan fingerprint density at radius 2 is 1.54 bits per heavy atom. The van der Waals surface area contributed by atoms with Crippen molar-refractivity contribution in [2.75, 3.05) is 32.8 Å². The van der Waals surface area contributed by atoms with E-state index in [2.05, 4.69) is 4.74 Å². The van der Waals surface area contributed by atoms with Crippen molar-refractivity contribution in [2.24, 2.45) is 11.8 Å². The van der Waals surface area contributed by atoms with E-state index in [0.717, 1.165) is 19.3 Å². The first-order valence-corrected chi connectivity index (χ1v) is 9.81. The van der Waals surface area contributed by atoms with Crippen LogP contribution in [0, 0.1) is 11.8 Å². The quantitative estimate of drug-likeness (QED) is 0.715. The van der Waals surface area contributed by atoms with E-state index in [1.165, 1.54) is 6.92 Å². The minimum absolute atomic E-state index is 0.293. The second-order valence-electron chi connectivity index (χ2n) is 8.71. The largest absolute Gasteiger partial charge is 0.444 e. The third-order valence-electron chi connectivity index (χ3n) is 5.24. The molecule has 0 saturated carbocycles.